The number of anilines is 1. The number of nitrogens with zero attached hydrogens (tertiary/aromatic N) is 1. The topological polar surface area (TPSA) is 84.9 Å². The number of halogens is 1. The highest BCUT2D eigenvalue weighted by Gasteiger charge is 2.67. The molecule has 3 aliphatic heterocycles. The number of fused-ring (bicyclic) bond motifs is 5. The van der Waals surface area contributed by atoms with Gasteiger partial charge >= 0.3 is 0 Å². The Morgan fingerprint density at radius 1 is 1.13 bits per heavy atom. The summed E-state index contributed by atoms with van der Waals surface area (Å²) in [5.41, 5.74) is -0.113. The average Bonchev–Trinajstić information content (AvgIpc) is 3.43. The third kappa shape index (κ3) is 3.04. The van der Waals surface area contributed by atoms with Gasteiger partial charge in [-0.2, -0.15) is 0 Å². The summed E-state index contributed by atoms with van der Waals surface area (Å²) in [4.78, 5) is 40.2. The van der Waals surface area contributed by atoms with Crippen molar-refractivity contribution in [1.82, 2.24) is 5.32 Å². The Labute approximate surface area is 183 Å². The van der Waals surface area contributed by atoms with E-state index in [0.29, 0.717) is 22.0 Å². The van der Waals surface area contributed by atoms with Crippen LogP contribution in [0.2, 0.25) is 5.02 Å². The summed E-state index contributed by atoms with van der Waals surface area (Å²) in [5.74, 6) is -1.57. The van der Waals surface area contributed by atoms with Crippen molar-refractivity contribution in [3.05, 3.63) is 71.3 Å². The Bertz CT molecular complexity index is 1100. The molecule has 2 fully saturated rings. The number of imide groups is 1. The summed E-state index contributed by atoms with van der Waals surface area (Å²) in [5, 5.41) is 3.37. The lowest BCUT2D eigenvalue weighted by atomic mass is 9.77. The fourth-order valence-corrected chi connectivity index (χ4v) is 4.74. The van der Waals surface area contributed by atoms with Crippen LogP contribution < -0.4 is 15.0 Å². The van der Waals surface area contributed by atoms with E-state index in [4.69, 9.17) is 21.1 Å². The van der Waals surface area contributed by atoms with Gasteiger partial charge in [-0.05, 0) is 48.5 Å². The molecular formula is C23H19ClN2O5. The molecule has 0 aliphatic carbocycles. The van der Waals surface area contributed by atoms with E-state index < -0.39 is 23.5 Å². The van der Waals surface area contributed by atoms with Gasteiger partial charge in [-0.3, -0.25) is 14.4 Å². The fourth-order valence-electron chi connectivity index (χ4n) is 4.61. The first-order chi connectivity index (χ1) is 14.9. The summed E-state index contributed by atoms with van der Waals surface area (Å²) in [6.07, 6.45) is 3.11. The molecule has 3 amide bonds. The van der Waals surface area contributed by atoms with Crippen molar-refractivity contribution in [3.63, 3.8) is 0 Å². The van der Waals surface area contributed by atoms with Gasteiger partial charge in [0.25, 0.3) is 5.91 Å². The number of hydrogen-bond acceptors (Lipinski definition) is 5. The monoisotopic (exact) mass is 438 g/mol. The number of nitrogens with one attached hydrogen (secondary N) is 1. The zero-order valence-corrected chi connectivity index (χ0v) is 17.3. The third-order valence-corrected chi connectivity index (χ3v) is 6.37. The second kappa shape index (κ2) is 7.21. The van der Waals surface area contributed by atoms with Crippen LogP contribution in [0.25, 0.3) is 0 Å². The van der Waals surface area contributed by atoms with Crippen molar-refractivity contribution in [1.29, 1.82) is 0 Å². The van der Waals surface area contributed by atoms with Crippen LogP contribution in [-0.2, 0) is 14.3 Å². The first-order valence-corrected chi connectivity index (χ1v) is 10.2. The SMILES string of the molecule is COc1ccc(C(=O)NC[C@@]23C=C[C@@H](O2)[C@H]2C(=O)N(c4ccc(Cl)cc4)C(=O)[C@H]23)cc1. The van der Waals surface area contributed by atoms with E-state index in [-0.39, 0.29) is 24.3 Å². The molecule has 0 spiro atoms. The lowest BCUT2D eigenvalue weighted by Gasteiger charge is -2.29. The Hall–Kier alpha value is -3.16. The number of amides is 3. The molecule has 4 atom stereocenters. The van der Waals surface area contributed by atoms with Crippen LogP contribution >= 0.6 is 11.6 Å². The molecule has 3 aliphatic rings. The van der Waals surface area contributed by atoms with Crippen LogP contribution in [0.1, 0.15) is 10.4 Å². The Balaban J connectivity index is 1.37. The molecule has 31 heavy (non-hydrogen) atoms. The molecule has 3 heterocycles. The molecule has 5 rings (SSSR count). The van der Waals surface area contributed by atoms with Crippen LogP contribution in [-0.4, -0.2) is 43.1 Å². The molecule has 0 saturated carbocycles. The zero-order valence-electron chi connectivity index (χ0n) is 16.6. The molecule has 2 bridgehead atoms. The average molecular weight is 439 g/mol. The van der Waals surface area contributed by atoms with Gasteiger partial charge in [-0.15, -0.1) is 0 Å². The predicted molar refractivity (Wildman–Crippen MR) is 113 cm³/mol. The second-order valence-corrected chi connectivity index (χ2v) is 8.24. The van der Waals surface area contributed by atoms with Crippen molar-refractivity contribution in [2.45, 2.75) is 11.7 Å². The van der Waals surface area contributed by atoms with Gasteiger partial charge in [0, 0.05) is 10.6 Å². The van der Waals surface area contributed by atoms with Gasteiger partial charge in [-0.1, -0.05) is 23.8 Å². The summed E-state index contributed by atoms with van der Waals surface area (Å²) in [6.45, 7) is 0.0828. The van der Waals surface area contributed by atoms with E-state index in [1.54, 1.807) is 67.8 Å². The van der Waals surface area contributed by atoms with E-state index in [0.717, 1.165) is 0 Å². The van der Waals surface area contributed by atoms with Gasteiger partial charge in [0.2, 0.25) is 11.8 Å². The molecule has 2 saturated heterocycles. The molecule has 2 aromatic rings. The maximum absolute atomic E-state index is 13.3. The highest BCUT2D eigenvalue weighted by atomic mass is 35.5. The molecule has 7 nitrogen and oxygen atoms in total. The zero-order chi connectivity index (χ0) is 21.8. The summed E-state index contributed by atoms with van der Waals surface area (Å²) < 4.78 is 11.2. The predicted octanol–water partition coefficient (Wildman–Crippen LogP) is 2.59. The lowest BCUT2D eigenvalue weighted by Crippen LogP contribution is -2.48. The van der Waals surface area contributed by atoms with Crippen LogP contribution in [0, 0.1) is 11.8 Å². The van der Waals surface area contributed by atoms with Gasteiger partial charge in [-0.25, -0.2) is 4.90 Å². The van der Waals surface area contributed by atoms with Crippen molar-refractivity contribution >= 4 is 35.0 Å². The number of benzene rings is 2. The van der Waals surface area contributed by atoms with E-state index in [1.165, 1.54) is 4.90 Å². The lowest BCUT2D eigenvalue weighted by molar-refractivity contribution is -0.126. The molecule has 2 aromatic carbocycles. The number of rotatable bonds is 5. The van der Waals surface area contributed by atoms with Gasteiger partial charge in [0.15, 0.2) is 0 Å². The number of methoxy groups -OCH3 is 1. The highest BCUT2D eigenvalue weighted by molar-refractivity contribution is 6.31. The highest BCUT2D eigenvalue weighted by Crippen LogP contribution is 2.52. The summed E-state index contributed by atoms with van der Waals surface area (Å²) >= 11 is 5.94. The van der Waals surface area contributed by atoms with Crippen molar-refractivity contribution < 1.29 is 23.9 Å². The molecule has 0 radical (unpaired) electrons. The molecule has 158 valence electrons. The first kappa shape index (κ1) is 19.8. The maximum Gasteiger partial charge on any atom is 0.251 e. The standard InChI is InChI=1S/C23H19ClN2O5/c1-30-16-8-2-13(3-9-16)20(27)25-12-23-11-10-17(31-23)18-19(23)22(29)26(21(18)28)15-6-4-14(24)5-7-15/h2-11,17-19H,12H2,1H3,(H,25,27)/t17-,18-,19+,23-/m1/s1. The molecule has 1 N–H and O–H groups in total. The Morgan fingerprint density at radius 2 is 1.84 bits per heavy atom. The number of hydrogen-bond donors (Lipinski definition) is 1. The number of ether oxygens (including phenoxy) is 2. The molecule has 0 aromatic heterocycles. The van der Waals surface area contributed by atoms with Gasteiger partial charge in [0.05, 0.1) is 37.3 Å². The molecule has 0 unspecified atom stereocenters. The van der Waals surface area contributed by atoms with Crippen molar-refractivity contribution in [2.75, 3.05) is 18.6 Å². The van der Waals surface area contributed by atoms with Gasteiger partial charge in [0.1, 0.15) is 11.4 Å². The van der Waals surface area contributed by atoms with Gasteiger partial charge < -0.3 is 14.8 Å². The number of carbonyl (C=O) groups excluding carboxylic acids is 3. The number of carbonyl (C=O) groups is 3. The fraction of sp³-hybridized carbons (Fsp3) is 0.261. The molecule has 8 heteroatoms. The summed E-state index contributed by atoms with van der Waals surface area (Å²) in [7, 11) is 1.55. The van der Waals surface area contributed by atoms with E-state index in [9.17, 15) is 14.4 Å². The largest absolute Gasteiger partial charge is 0.497 e. The minimum atomic E-state index is -1.05. The van der Waals surface area contributed by atoms with E-state index in [2.05, 4.69) is 5.32 Å². The van der Waals surface area contributed by atoms with Crippen LogP contribution in [0.5, 0.6) is 5.75 Å². The van der Waals surface area contributed by atoms with E-state index in [1.807, 2.05) is 0 Å². The molecular weight excluding hydrogens is 420 g/mol. The smallest absolute Gasteiger partial charge is 0.251 e. The normalized spacial score (nSPS) is 28.2. The van der Waals surface area contributed by atoms with Crippen molar-refractivity contribution in [2.24, 2.45) is 11.8 Å². The Morgan fingerprint density at radius 3 is 2.52 bits per heavy atom. The quantitative estimate of drug-likeness (QED) is 0.573. The van der Waals surface area contributed by atoms with E-state index >= 15 is 0 Å². The van der Waals surface area contributed by atoms with Crippen LogP contribution in [0.4, 0.5) is 5.69 Å². The maximum atomic E-state index is 13.3. The Kier molecular flexibility index (Phi) is 4.60. The second-order valence-electron chi connectivity index (χ2n) is 7.80. The minimum Gasteiger partial charge on any atom is -0.497 e. The third-order valence-electron chi connectivity index (χ3n) is 6.12. The minimum absolute atomic E-state index is 0.0828. The first-order valence-electron chi connectivity index (χ1n) is 9.86. The van der Waals surface area contributed by atoms with Crippen LogP contribution in [0.3, 0.4) is 0 Å². The summed E-state index contributed by atoms with van der Waals surface area (Å²) in [6, 6.07) is 13.3. The van der Waals surface area contributed by atoms with Crippen molar-refractivity contribution in [3.8, 4) is 5.75 Å². The van der Waals surface area contributed by atoms with Crippen LogP contribution in [0.15, 0.2) is 60.7 Å².